The van der Waals surface area contributed by atoms with E-state index in [4.69, 9.17) is 20.1 Å². The molecule has 0 fully saturated rings. The van der Waals surface area contributed by atoms with Gasteiger partial charge in [-0.15, -0.1) is 0 Å². The van der Waals surface area contributed by atoms with Crippen molar-refractivity contribution in [3.05, 3.63) is 41.5 Å². The minimum Gasteiger partial charge on any atom is -0.497 e. The SMILES string of the molecule is COc1ccc(Cc2nc(C(N)CO)no2)cc1. The Hall–Kier alpha value is -1.92. The highest BCUT2D eigenvalue weighted by atomic mass is 16.5. The maximum absolute atomic E-state index is 8.88. The zero-order chi connectivity index (χ0) is 13.0. The summed E-state index contributed by atoms with van der Waals surface area (Å²) in [5.74, 6) is 1.59. The number of aliphatic hydroxyl groups is 1. The van der Waals surface area contributed by atoms with Crippen LogP contribution >= 0.6 is 0 Å². The summed E-state index contributed by atoms with van der Waals surface area (Å²) < 4.78 is 10.1. The van der Waals surface area contributed by atoms with Crippen molar-refractivity contribution in [3.8, 4) is 5.75 Å². The van der Waals surface area contributed by atoms with Gasteiger partial charge in [-0.3, -0.25) is 0 Å². The Morgan fingerprint density at radius 1 is 1.39 bits per heavy atom. The number of ether oxygens (including phenoxy) is 1. The number of nitrogens with two attached hydrogens (primary N) is 1. The van der Waals surface area contributed by atoms with E-state index in [0.717, 1.165) is 11.3 Å². The zero-order valence-corrected chi connectivity index (χ0v) is 10.0. The fourth-order valence-corrected chi connectivity index (χ4v) is 1.49. The van der Waals surface area contributed by atoms with E-state index in [-0.39, 0.29) is 6.61 Å². The van der Waals surface area contributed by atoms with Crippen LogP contribution in [-0.2, 0) is 6.42 Å². The van der Waals surface area contributed by atoms with Gasteiger partial charge in [0, 0.05) is 0 Å². The topological polar surface area (TPSA) is 94.4 Å². The molecule has 18 heavy (non-hydrogen) atoms. The van der Waals surface area contributed by atoms with E-state index >= 15 is 0 Å². The first-order valence-corrected chi connectivity index (χ1v) is 5.54. The molecule has 0 aliphatic heterocycles. The number of hydrogen-bond donors (Lipinski definition) is 2. The van der Waals surface area contributed by atoms with E-state index in [0.29, 0.717) is 18.1 Å². The number of methoxy groups -OCH3 is 1. The van der Waals surface area contributed by atoms with Crippen molar-refractivity contribution in [2.45, 2.75) is 12.5 Å². The van der Waals surface area contributed by atoms with Crippen LogP contribution in [0.4, 0.5) is 0 Å². The molecular weight excluding hydrogens is 234 g/mol. The highest BCUT2D eigenvalue weighted by Gasteiger charge is 2.13. The van der Waals surface area contributed by atoms with Crippen molar-refractivity contribution in [3.63, 3.8) is 0 Å². The molecule has 0 aliphatic rings. The molecule has 0 radical (unpaired) electrons. The number of hydrogen-bond acceptors (Lipinski definition) is 6. The van der Waals surface area contributed by atoms with Gasteiger partial charge in [-0.1, -0.05) is 17.3 Å². The average Bonchev–Trinajstić information content (AvgIpc) is 2.87. The third-order valence-corrected chi connectivity index (χ3v) is 2.53. The molecule has 1 aromatic carbocycles. The van der Waals surface area contributed by atoms with Crippen LogP contribution in [0, 0.1) is 0 Å². The third-order valence-electron chi connectivity index (χ3n) is 2.53. The molecule has 1 heterocycles. The fraction of sp³-hybridized carbons (Fsp3) is 0.333. The summed E-state index contributed by atoms with van der Waals surface area (Å²) in [5.41, 5.74) is 6.62. The minimum absolute atomic E-state index is 0.207. The Kier molecular flexibility index (Phi) is 3.91. The predicted octanol–water partition coefficient (Wildman–Crippen LogP) is 0.661. The van der Waals surface area contributed by atoms with Gasteiger partial charge in [-0.2, -0.15) is 4.98 Å². The molecular formula is C12H15N3O3. The maximum atomic E-state index is 8.88. The number of rotatable bonds is 5. The lowest BCUT2D eigenvalue weighted by atomic mass is 10.1. The molecule has 0 bridgehead atoms. The molecule has 1 aromatic heterocycles. The molecule has 0 spiro atoms. The smallest absolute Gasteiger partial charge is 0.231 e. The van der Waals surface area contributed by atoms with Gasteiger partial charge in [0.05, 0.1) is 26.2 Å². The first-order valence-electron chi connectivity index (χ1n) is 5.54. The Morgan fingerprint density at radius 2 is 2.11 bits per heavy atom. The summed E-state index contributed by atoms with van der Waals surface area (Å²) in [6.07, 6.45) is 0.523. The lowest BCUT2D eigenvalue weighted by Crippen LogP contribution is -2.16. The summed E-state index contributed by atoms with van der Waals surface area (Å²) in [6.45, 7) is -0.207. The van der Waals surface area contributed by atoms with Crippen LogP contribution in [0.2, 0.25) is 0 Å². The second kappa shape index (κ2) is 5.61. The van der Waals surface area contributed by atoms with Crippen molar-refractivity contribution >= 4 is 0 Å². The van der Waals surface area contributed by atoms with E-state index in [1.54, 1.807) is 7.11 Å². The summed E-state index contributed by atoms with van der Waals surface area (Å²) in [5, 5.41) is 12.6. The van der Waals surface area contributed by atoms with Crippen LogP contribution in [0.25, 0.3) is 0 Å². The standard InChI is InChI=1S/C12H15N3O3/c1-17-9-4-2-8(3-5-9)6-11-14-12(15-18-11)10(13)7-16/h2-5,10,16H,6-7,13H2,1H3. The van der Waals surface area contributed by atoms with Crippen LogP contribution in [0.15, 0.2) is 28.8 Å². The van der Waals surface area contributed by atoms with E-state index in [1.807, 2.05) is 24.3 Å². The van der Waals surface area contributed by atoms with Crippen LogP contribution in [-0.4, -0.2) is 29.0 Å². The Bertz CT molecular complexity index is 496. The van der Waals surface area contributed by atoms with Gasteiger partial charge in [0.15, 0.2) is 5.82 Å². The van der Waals surface area contributed by atoms with Crippen LogP contribution in [0.5, 0.6) is 5.75 Å². The lowest BCUT2D eigenvalue weighted by Gasteiger charge is -2.00. The summed E-state index contributed by atoms with van der Waals surface area (Å²) in [7, 11) is 1.62. The predicted molar refractivity (Wildman–Crippen MR) is 64.1 cm³/mol. The Balaban J connectivity index is 2.06. The van der Waals surface area contributed by atoms with Gasteiger partial charge in [-0.05, 0) is 17.7 Å². The molecule has 96 valence electrons. The van der Waals surface area contributed by atoms with Gasteiger partial charge in [0.25, 0.3) is 0 Å². The molecule has 0 saturated carbocycles. The highest BCUT2D eigenvalue weighted by Crippen LogP contribution is 2.14. The molecule has 0 saturated heterocycles. The summed E-state index contributed by atoms with van der Waals surface area (Å²) >= 11 is 0. The van der Waals surface area contributed by atoms with E-state index in [1.165, 1.54) is 0 Å². The van der Waals surface area contributed by atoms with Crippen LogP contribution in [0.3, 0.4) is 0 Å². The molecule has 2 rings (SSSR count). The third kappa shape index (κ3) is 2.85. The molecule has 1 atom stereocenters. The van der Waals surface area contributed by atoms with Crippen LogP contribution in [0.1, 0.15) is 23.3 Å². The molecule has 3 N–H and O–H groups in total. The quantitative estimate of drug-likeness (QED) is 0.808. The number of aliphatic hydroxyl groups excluding tert-OH is 1. The zero-order valence-electron chi connectivity index (χ0n) is 10.0. The first-order chi connectivity index (χ1) is 8.72. The molecule has 0 amide bonds. The molecule has 1 unspecified atom stereocenters. The minimum atomic E-state index is -0.599. The monoisotopic (exact) mass is 249 g/mol. The summed E-state index contributed by atoms with van der Waals surface area (Å²) in [6, 6.07) is 6.99. The van der Waals surface area contributed by atoms with Crippen LogP contribution < -0.4 is 10.5 Å². The second-order valence-corrected chi connectivity index (χ2v) is 3.86. The molecule has 6 heteroatoms. The van der Waals surface area contributed by atoms with Gasteiger partial charge in [0.1, 0.15) is 5.75 Å². The number of aromatic nitrogens is 2. The van der Waals surface area contributed by atoms with Gasteiger partial charge >= 0.3 is 0 Å². The van der Waals surface area contributed by atoms with Crippen molar-refractivity contribution in [2.24, 2.45) is 5.73 Å². The normalized spacial score (nSPS) is 12.4. The second-order valence-electron chi connectivity index (χ2n) is 3.86. The van der Waals surface area contributed by atoms with Crippen molar-refractivity contribution in [2.75, 3.05) is 13.7 Å². The highest BCUT2D eigenvalue weighted by molar-refractivity contribution is 5.28. The maximum Gasteiger partial charge on any atom is 0.231 e. The van der Waals surface area contributed by atoms with Crippen molar-refractivity contribution in [1.29, 1.82) is 0 Å². The molecule has 0 aliphatic carbocycles. The molecule has 6 nitrogen and oxygen atoms in total. The van der Waals surface area contributed by atoms with Gasteiger partial charge in [-0.25, -0.2) is 0 Å². The van der Waals surface area contributed by atoms with Gasteiger partial charge < -0.3 is 20.1 Å². The average molecular weight is 249 g/mol. The summed E-state index contributed by atoms with van der Waals surface area (Å²) in [4.78, 5) is 4.12. The van der Waals surface area contributed by atoms with Crippen molar-refractivity contribution < 1.29 is 14.4 Å². The number of benzene rings is 1. The lowest BCUT2D eigenvalue weighted by molar-refractivity contribution is 0.259. The van der Waals surface area contributed by atoms with Gasteiger partial charge in [0.2, 0.25) is 5.89 Å². The first kappa shape index (κ1) is 12.5. The van der Waals surface area contributed by atoms with E-state index in [9.17, 15) is 0 Å². The largest absolute Gasteiger partial charge is 0.497 e. The van der Waals surface area contributed by atoms with Crippen molar-refractivity contribution in [1.82, 2.24) is 10.1 Å². The van der Waals surface area contributed by atoms with E-state index in [2.05, 4.69) is 10.1 Å². The Labute approximate surface area is 104 Å². The van der Waals surface area contributed by atoms with E-state index < -0.39 is 6.04 Å². The Morgan fingerprint density at radius 3 is 2.72 bits per heavy atom. The fourth-order valence-electron chi connectivity index (χ4n) is 1.49. The number of nitrogens with zero attached hydrogens (tertiary/aromatic N) is 2. The molecule has 2 aromatic rings.